The molecule has 0 aliphatic heterocycles. The van der Waals surface area contributed by atoms with Crippen molar-refractivity contribution in [2.24, 2.45) is 0 Å². The van der Waals surface area contributed by atoms with Crippen molar-refractivity contribution in [3.63, 3.8) is 0 Å². The molecular weight excluding hydrogens is 363 g/mol. The van der Waals surface area contributed by atoms with E-state index in [1.165, 1.54) is 0 Å². The molecule has 0 bridgehead atoms. The molecule has 0 saturated heterocycles. The minimum atomic E-state index is -0.662. The van der Waals surface area contributed by atoms with Gasteiger partial charge in [0.05, 0.1) is 17.9 Å². The molecule has 154 valence electrons. The van der Waals surface area contributed by atoms with Crippen LogP contribution in [-0.4, -0.2) is 67.7 Å². The van der Waals surface area contributed by atoms with Gasteiger partial charge >= 0.3 is 0 Å². The number of rotatable bonds is 6. The highest BCUT2D eigenvalue weighted by molar-refractivity contribution is 6.58. The van der Waals surface area contributed by atoms with Crippen molar-refractivity contribution < 1.29 is 9.84 Å². The Morgan fingerprint density at radius 1 is 1.21 bits per heavy atom. The van der Waals surface area contributed by atoms with Gasteiger partial charge in [-0.2, -0.15) is 10.2 Å². The standard InChI is InChI=1S/C19H32B3N5O2/c1-18(28)8-2-3-14(9-18)25-16-12(10-23)11-24-17(27-16)26-13-4-6-15(7-5-13)29-19(20,21)22/h11,13-15,28H,2-9,20-22H2,1H3,(H2,24,25,26,27)/t13-,14-,15-,18+/m1/s1. The summed E-state index contributed by atoms with van der Waals surface area (Å²) in [4.78, 5) is 8.93. The van der Waals surface area contributed by atoms with E-state index in [-0.39, 0.29) is 11.3 Å². The van der Waals surface area contributed by atoms with Crippen molar-refractivity contribution >= 4 is 35.3 Å². The number of nitriles is 1. The highest BCUT2D eigenvalue weighted by Crippen LogP contribution is 2.30. The first-order valence-electron chi connectivity index (χ1n) is 10.8. The van der Waals surface area contributed by atoms with E-state index in [0.717, 1.165) is 44.9 Å². The molecule has 1 aromatic rings. The Bertz CT molecular complexity index is 742. The summed E-state index contributed by atoms with van der Waals surface area (Å²) < 4.78 is 6.10. The van der Waals surface area contributed by atoms with Crippen molar-refractivity contribution in [1.29, 1.82) is 5.26 Å². The molecule has 0 amide bonds. The fraction of sp³-hybridized carbons (Fsp3) is 0.737. The van der Waals surface area contributed by atoms with Crippen LogP contribution < -0.4 is 10.6 Å². The molecule has 0 radical (unpaired) electrons. The van der Waals surface area contributed by atoms with Gasteiger partial charge < -0.3 is 20.5 Å². The third-order valence-electron chi connectivity index (χ3n) is 5.73. The highest BCUT2D eigenvalue weighted by Gasteiger charge is 2.30. The van der Waals surface area contributed by atoms with Crippen molar-refractivity contribution in [3.8, 4) is 6.07 Å². The monoisotopic (exact) mass is 395 g/mol. The number of hydrogen-bond donors (Lipinski definition) is 3. The number of ether oxygens (including phenoxy) is 1. The highest BCUT2D eigenvalue weighted by atomic mass is 16.5. The van der Waals surface area contributed by atoms with Crippen LogP contribution in [0.4, 0.5) is 11.8 Å². The second-order valence-corrected chi connectivity index (χ2v) is 9.85. The molecule has 0 aromatic carbocycles. The Morgan fingerprint density at radius 2 is 1.93 bits per heavy atom. The van der Waals surface area contributed by atoms with Crippen LogP contribution >= 0.6 is 0 Å². The largest absolute Gasteiger partial charge is 0.398 e. The quantitative estimate of drug-likeness (QED) is 0.569. The summed E-state index contributed by atoms with van der Waals surface area (Å²) in [6.07, 6.45) is 9.35. The first-order valence-corrected chi connectivity index (χ1v) is 10.8. The number of anilines is 2. The Labute approximate surface area is 176 Å². The Kier molecular flexibility index (Phi) is 6.80. The third-order valence-corrected chi connectivity index (χ3v) is 5.73. The summed E-state index contributed by atoms with van der Waals surface area (Å²) in [6.45, 7) is 1.87. The molecule has 1 heterocycles. The van der Waals surface area contributed by atoms with Gasteiger partial charge in [-0.15, -0.1) is 0 Å². The van der Waals surface area contributed by atoms with Crippen LogP contribution in [0.3, 0.4) is 0 Å². The van der Waals surface area contributed by atoms with Crippen molar-refractivity contribution in [2.75, 3.05) is 10.6 Å². The first kappa shape index (κ1) is 22.0. The lowest BCUT2D eigenvalue weighted by Crippen LogP contribution is -2.41. The predicted octanol–water partition coefficient (Wildman–Crippen LogP) is -0.296. The second-order valence-electron chi connectivity index (χ2n) is 9.85. The lowest BCUT2D eigenvalue weighted by atomic mass is 9.52. The third kappa shape index (κ3) is 6.65. The molecule has 2 aliphatic carbocycles. The summed E-state index contributed by atoms with van der Waals surface area (Å²) >= 11 is 0. The zero-order valence-electron chi connectivity index (χ0n) is 18.2. The van der Waals surface area contributed by atoms with E-state index in [1.807, 2.05) is 6.92 Å². The minimum Gasteiger partial charge on any atom is -0.398 e. The predicted molar refractivity (Wildman–Crippen MR) is 122 cm³/mol. The lowest BCUT2D eigenvalue weighted by molar-refractivity contribution is 0.0181. The number of nitrogens with zero attached hydrogens (tertiary/aromatic N) is 3. The van der Waals surface area contributed by atoms with E-state index >= 15 is 0 Å². The maximum Gasteiger partial charge on any atom is 0.224 e. The van der Waals surface area contributed by atoms with Crippen molar-refractivity contribution in [2.45, 2.75) is 87.4 Å². The van der Waals surface area contributed by atoms with Gasteiger partial charge in [-0.3, -0.25) is 0 Å². The summed E-state index contributed by atoms with van der Waals surface area (Å²) in [5, 5.41) is 26.5. The average molecular weight is 395 g/mol. The summed E-state index contributed by atoms with van der Waals surface area (Å²) in [7, 11) is 6.30. The molecule has 7 nitrogen and oxygen atoms in total. The molecule has 0 unspecified atom stereocenters. The fourth-order valence-corrected chi connectivity index (χ4v) is 4.43. The van der Waals surface area contributed by atoms with Gasteiger partial charge in [-0.25, -0.2) is 4.98 Å². The van der Waals surface area contributed by atoms with Crippen LogP contribution in [0.1, 0.15) is 63.9 Å². The molecule has 0 spiro atoms. The normalized spacial score (nSPS) is 30.3. The summed E-state index contributed by atoms with van der Waals surface area (Å²) in [5.74, 6) is 1.10. The Hall–Kier alpha value is -1.72. The van der Waals surface area contributed by atoms with Gasteiger partial charge in [0, 0.05) is 12.1 Å². The number of aromatic nitrogens is 2. The van der Waals surface area contributed by atoms with Gasteiger partial charge in [0.2, 0.25) is 5.95 Å². The Balaban J connectivity index is 1.60. The van der Waals surface area contributed by atoms with E-state index < -0.39 is 5.60 Å². The number of nitrogens with one attached hydrogen (secondary N) is 2. The molecule has 29 heavy (non-hydrogen) atoms. The van der Waals surface area contributed by atoms with E-state index in [2.05, 4.69) is 50.2 Å². The van der Waals surface area contributed by atoms with Crippen molar-refractivity contribution in [1.82, 2.24) is 9.97 Å². The zero-order chi connectivity index (χ0) is 21.1. The molecular formula is C19H32B3N5O2. The molecule has 2 atom stereocenters. The van der Waals surface area contributed by atoms with Crippen LogP contribution in [0, 0.1) is 11.3 Å². The van der Waals surface area contributed by atoms with Crippen LogP contribution in [0.2, 0.25) is 0 Å². The van der Waals surface area contributed by atoms with Crippen LogP contribution in [-0.2, 0) is 4.74 Å². The van der Waals surface area contributed by atoms with Gasteiger partial charge in [0.1, 0.15) is 41.0 Å². The SMILES string of the molecule is BC(B)(B)O[C@H]1CC[C@H](Nc2ncc(C#N)c(N[C@@H]3CCC[C@](C)(O)C3)n2)CC1. The second kappa shape index (κ2) is 8.97. The maximum atomic E-state index is 10.4. The van der Waals surface area contributed by atoms with E-state index in [1.54, 1.807) is 6.20 Å². The zero-order valence-corrected chi connectivity index (χ0v) is 18.2. The van der Waals surface area contributed by atoms with E-state index in [9.17, 15) is 10.4 Å². The van der Waals surface area contributed by atoms with Crippen LogP contribution in [0.25, 0.3) is 0 Å². The topological polar surface area (TPSA) is 103 Å². The average Bonchev–Trinajstić information content (AvgIpc) is 2.62. The molecule has 3 N–H and O–H groups in total. The maximum absolute atomic E-state index is 10.4. The molecule has 2 fully saturated rings. The smallest absolute Gasteiger partial charge is 0.224 e. The minimum absolute atomic E-state index is 0.106. The van der Waals surface area contributed by atoms with Gasteiger partial charge in [0.15, 0.2) is 0 Å². The van der Waals surface area contributed by atoms with Gasteiger partial charge in [-0.1, -0.05) is 0 Å². The summed E-state index contributed by atoms with van der Waals surface area (Å²) in [5.41, 5.74) is -0.229. The van der Waals surface area contributed by atoms with E-state index in [4.69, 9.17) is 4.74 Å². The fourth-order valence-electron chi connectivity index (χ4n) is 4.43. The lowest BCUT2D eigenvalue weighted by Gasteiger charge is -2.35. The van der Waals surface area contributed by atoms with Crippen molar-refractivity contribution in [3.05, 3.63) is 11.8 Å². The van der Waals surface area contributed by atoms with Crippen LogP contribution in [0.15, 0.2) is 6.20 Å². The van der Waals surface area contributed by atoms with E-state index in [0.29, 0.717) is 35.9 Å². The van der Waals surface area contributed by atoms with Gasteiger partial charge in [0.25, 0.3) is 0 Å². The van der Waals surface area contributed by atoms with Gasteiger partial charge in [-0.05, 0) is 63.6 Å². The summed E-state index contributed by atoms with van der Waals surface area (Å²) in [6, 6.07) is 2.59. The molecule has 2 saturated carbocycles. The Morgan fingerprint density at radius 3 is 2.55 bits per heavy atom. The number of hydrogen-bond acceptors (Lipinski definition) is 7. The molecule has 3 rings (SSSR count). The number of aliphatic hydroxyl groups is 1. The molecule has 1 aromatic heterocycles. The first-order chi connectivity index (χ1) is 13.6. The molecule has 2 aliphatic rings. The van der Waals surface area contributed by atoms with Crippen LogP contribution in [0.5, 0.6) is 0 Å². The molecule has 10 heteroatoms.